The highest BCUT2D eigenvalue weighted by molar-refractivity contribution is 7.91. The van der Waals surface area contributed by atoms with Crippen LogP contribution in [0.4, 0.5) is 13.2 Å². The Hall–Kier alpha value is -3.15. The van der Waals surface area contributed by atoms with Gasteiger partial charge in [0, 0.05) is 28.9 Å². The Labute approximate surface area is 213 Å². The average molecular weight is 554 g/mol. The predicted octanol–water partition coefficient (Wildman–Crippen LogP) is 6.07. The molecule has 2 aromatic carbocycles. The monoisotopic (exact) mass is 553 g/mol. The second-order valence-electron chi connectivity index (χ2n) is 8.00. The Balaban J connectivity index is 1.86. The third kappa shape index (κ3) is 4.00. The molecule has 0 saturated carbocycles. The van der Waals surface area contributed by atoms with E-state index in [9.17, 15) is 21.6 Å². The zero-order valence-electron chi connectivity index (χ0n) is 18.7. The van der Waals surface area contributed by atoms with Crippen molar-refractivity contribution in [2.24, 2.45) is 7.05 Å². The van der Waals surface area contributed by atoms with E-state index >= 15 is 0 Å². The van der Waals surface area contributed by atoms with E-state index in [1.165, 1.54) is 28.3 Å². The number of imidazole rings is 1. The molecule has 3 heterocycles. The number of alkyl halides is 3. The molecule has 186 valence electrons. The Morgan fingerprint density at radius 3 is 2.36 bits per heavy atom. The van der Waals surface area contributed by atoms with Crippen LogP contribution in [0.15, 0.2) is 53.7 Å². The first-order valence-electron chi connectivity index (χ1n) is 10.5. The molecule has 0 amide bonds. The van der Waals surface area contributed by atoms with Gasteiger partial charge in [0.1, 0.15) is 11.4 Å². The number of halogens is 5. The molecule has 0 unspecified atom stereocenters. The van der Waals surface area contributed by atoms with E-state index in [-0.39, 0.29) is 33.3 Å². The summed E-state index contributed by atoms with van der Waals surface area (Å²) < 4.78 is 68.9. The van der Waals surface area contributed by atoms with E-state index in [0.29, 0.717) is 26.8 Å². The minimum absolute atomic E-state index is 0.0549. The largest absolute Gasteiger partial charge is 0.416 e. The number of rotatable bonds is 4. The summed E-state index contributed by atoms with van der Waals surface area (Å²) in [5, 5.41) is 4.83. The Morgan fingerprint density at radius 1 is 1.03 bits per heavy atom. The van der Waals surface area contributed by atoms with E-state index < -0.39 is 21.6 Å². The molecule has 0 spiro atoms. The Morgan fingerprint density at radius 2 is 1.72 bits per heavy atom. The van der Waals surface area contributed by atoms with E-state index in [1.807, 2.05) is 0 Å². The fraction of sp³-hybridized carbons (Fsp3) is 0.174. The zero-order valence-corrected chi connectivity index (χ0v) is 21.0. The third-order valence-electron chi connectivity index (χ3n) is 5.75. The quantitative estimate of drug-likeness (QED) is 0.270. The zero-order chi connectivity index (χ0) is 26.0. The van der Waals surface area contributed by atoms with E-state index in [0.717, 1.165) is 12.1 Å². The van der Waals surface area contributed by atoms with Gasteiger partial charge in [0.15, 0.2) is 20.5 Å². The van der Waals surface area contributed by atoms with Crippen LogP contribution in [0.5, 0.6) is 0 Å². The van der Waals surface area contributed by atoms with Crippen molar-refractivity contribution in [1.82, 2.24) is 24.1 Å². The van der Waals surface area contributed by atoms with Crippen LogP contribution in [0, 0.1) is 0 Å². The maximum Gasteiger partial charge on any atom is 0.416 e. The summed E-state index contributed by atoms with van der Waals surface area (Å²) >= 11 is 12.3. The number of fused-ring (bicyclic) bond motifs is 2. The number of aryl methyl sites for hydroxylation is 1. The van der Waals surface area contributed by atoms with Crippen molar-refractivity contribution in [3.05, 3.63) is 64.3 Å². The van der Waals surface area contributed by atoms with Gasteiger partial charge >= 0.3 is 6.18 Å². The summed E-state index contributed by atoms with van der Waals surface area (Å²) in [6.07, 6.45) is -3.08. The van der Waals surface area contributed by atoms with Crippen LogP contribution in [-0.2, 0) is 23.1 Å². The number of nitrogens with zero attached hydrogens (tertiary/aromatic N) is 5. The summed E-state index contributed by atoms with van der Waals surface area (Å²) in [7, 11) is -2.31. The van der Waals surface area contributed by atoms with Gasteiger partial charge < -0.3 is 4.57 Å². The first kappa shape index (κ1) is 24.5. The maximum absolute atomic E-state index is 13.3. The number of benzene rings is 2. The molecule has 36 heavy (non-hydrogen) atoms. The smallest absolute Gasteiger partial charge is 0.327 e. The first-order valence-corrected chi connectivity index (χ1v) is 12.9. The van der Waals surface area contributed by atoms with Gasteiger partial charge in [0.05, 0.1) is 28.0 Å². The molecule has 5 aromatic rings. The second kappa shape index (κ2) is 8.46. The van der Waals surface area contributed by atoms with Crippen molar-refractivity contribution in [3.63, 3.8) is 0 Å². The van der Waals surface area contributed by atoms with E-state index in [2.05, 4.69) is 15.1 Å². The van der Waals surface area contributed by atoms with Gasteiger partial charge in [-0.15, -0.1) is 0 Å². The van der Waals surface area contributed by atoms with Crippen LogP contribution >= 0.6 is 23.2 Å². The topological polar surface area (TPSA) is 82.2 Å². The summed E-state index contributed by atoms with van der Waals surface area (Å²) in [6, 6.07) is 9.63. The number of hydrogen-bond acceptors (Lipinski definition) is 5. The average Bonchev–Trinajstić information content (AvgIpc) is 3.35. The van der Waals surface area contributed by atoms with Gasteiger partial charge in [-0.05, 0) is 42.5 Å². The van der Waals surface area contributed by atoms with E-state index in [4.69, 9.17) is 23.2 Å². The predicted molar refractivity (Wildman–Crippen MR) is 131 cm³/mol. The van der Waals surface area contributed by atoms with Gasteiger partial charge in [-0.3, -0.25) is 0 Å². The first-order chi connectivity index (χ1) is 16.9. The van der Waals surface area contributed by atoms with Crippen LogP contribution in [0.2, 0.25) is 10.0 Å². The van der Waals surface area contributed by atoms with Crippen molar-refractivity contribution in [2.75, 3.05) is 5.75 Å². The van der Waals surface area contributed by atoms with Crippen molar-refractivity contribution < 1.29 is 21.6 Å². The lowest BCUT2D eigenvalue weighted by atomic mass is 10.1. The summed E-state index contributed by atoms with van der Waals surface area (Å²) in [4.78, 5) is 8.74. The minimum atomic E-state index is -4.55. The third-order valence-corrected chi connectivity index (χ3v) is 7.82. The molecule has 0 atom stereocenters. The molecule has 7 nitrogen and oxygen atoms in total. The highest BCUT2D eigenvalue weighted by atomic mass is 35.5. The molecular formula is C23H16Cl2F3N5O2S. The van der Waals surface area contributed by atoms with Gasteiger partial charge in [-0.25, -0.2) is 22.9 Å². The second-order valence-corrected chi connectivity index (χ2v) is 11.1. The minimum Gasteiger partial charge on any atom is -0.327 e. The molecule has 0 radical (unpaired) electrons. The van der Waals surface area contributed by atoms with Gasteiger partial charge in [0.2, 0.25) is 0 Å². The van der Waals surface area contributed by atoms with Gasteiger partial charge in [-0.2, -0.15) is 18.3 Å². The Kier molecular flexibility index (Phi) is 5.77. The van der Waals surface area contributed by atoms with Crippen LogP contribution < -0.4 is 0 Å². The molecule has 0 bridgehead atoms. The Bertz CT molecular complexity index is 1760. The number of sulfone groups is 1. The lowest BCUT2D eigenvalue weighted by molar-refractivity contribution is -0.137. The molecule has 0 aliphatic carbocycles. The molecule has 0 aliphatic heterocycles. The standard InChI is InChI=1S/C23H16Cl2F3N5O2S/c1-3-36(34,35)22-19(21-30-16-10-13(23(26,27)28)4-5-18(16)32(21)2)20-29-7-6-17(33(20)31-22)12-8-14(24)11-15(25)9-12/h4-11H,3H2,1-2H3. The molecule has 3 aromatic heterocycles. The van der Waals surface area contributed by atoms with E-state index in [1.54, 1.807) is 31.3 Å². The lowest BCUT2D eigenvalue weighted by Crippen LogP contribution is -2.07. The fourth-order valence-electron chi connectivity index (χ4n) is 4.00. The van der Waals surface area contributed by atoms with Crippen LogP contribution in [0.3, 0.4) is 0 Å². The van der Waals surface area contributed by atoms with Crippen molar-refractivity contribution in [3.8, 4) is 22.6 Å². The molecule has 5 rings (SSSR count). The molecule has 0 aliphatic rings. The van der Waals surface area contributed by atoms with Crippen LogP contribution in [-0.4, -0.2) is 38.3 Å². The highest BCUT2D eigenvalue weighted by Gasteiger charge is 2.33. The summed E-state index contributed by atoms with van der Waals surface area (Å²) in [5.74, 6) is -0.148. The molecule has 13 heteroatoms. The van der Waals surface area contributed by atoms with Crippen LogP contribution in [0.25, 0.3) is 39.3 Å². The lowest BCUT2D eigenvalue weighted by Gasteiger charge is -2.07. The molecule has 0 N–H and O–H groups in total. The summed E-state index contributed by atoms with van der Waals surface area (Å²) in [5.41, 5.74) is 0.841. The van der Waals surface area contributed by atoms with Crippen molar-refractivity contribution in [2.45, 2.75) is 18.1 Å². The molecular weight excluding hydrogens is 538 g/mol. The number of aromatic nitrogens is 5. The molecule has 0 saturated heterocycles. The maximum atomic E-state index is 13.3. The van der Waals surface area contributed by atoms with Crippen molar-refractivity contribution >= 4 is 49.7 Å². The molecule has 0 fully saturated rings. The normalized spacial score (nSPS) is 12.6. The van der Waals surface area contributed by atoms with Crippen molar-refractivity contribution in [1.29, 1.82) is 0 Å². The number of hydrogen-bond donors (Lipinski definition) is 0. The van der Waals surface area contributed by atoms with Gasteiger partial charge in [-0.1, -0.05) is 30.1 Å². The fourth-order valence-corrected chi connectivity index (χ4v) is 5.50. The summed E-state index contributed by atoms with van der Waals surface area (Å²) in [6.45, 7) is 1.47. The highest BCUT2D eigenvalue weighted by Crippen LogP contribution is 2.37. The van der Waals surface area contributed by atoms with Crippen LogP contribution in [0.1, 0.15) is 12.5 Å². The van der Waals surface area contributed by atoms with Gasteiger partial charge in [0.25, 0.3) is 0 Å². The SMILES string of the molecule is CCS(=O)(=O)c1nn2c(-c3cc(Cl)cc(Cl)c3)ccnc2c1-c1nc2cc(C(F)(F)F)ccc2n1C.